The van der Waals surface area contributed by atoms with Crippen LogP contribution < -0.4 is 24.2 Å². The topological polar surface area (TPSA) is 103 Å². The molecule has 0 atom stereocenters. The van der Waals surface area contributed by atoms with Crippen molar-refractivity contribution in [3.8, 4) is 17.2 Å². The van der Waals surface area contributed by atoms with Gasteiger partial charge in [0.15, 0.2) is 13.2 Å². The van der Waals surface area contributed by atoms with Gasteiger partial charge in [-0.05, 0) is 30.7 Å². The molecule has 0 aliphatic heterocycles. The lowest BCUT2D eigenvalue weighted by atomic mass is 10.3. The maximum atomic E-state index is 12.7. The molecule has 2 rings (SSSR count). The molecule has 0 spiro atoms. The number of anilines is 1. The molecule has 0 aliphatic rings. The number of hydrogen-bond donors (Lipinski definition) is 2. The van der Waals surface area contributed by atoms with Crippen LogP contribution in [0.5, 0.6) is 17.2 Å². The van der Waals surface area contributed by atoms with Gasteiger partial charge in [-0.15, -0.1) is 0 Å². The predicted octanol–water partition coefficient (Wildman–Crippen LogP) is 4.27. The second-order valence-electron chi connectivity index (χ2n) is 7.23. The van der Waals surface area contributed by atoms with Gasteiger partial charge in [-0.25, -0.2) is 13.1 Å². The Morgan fingerprint density at radius 2 is 1.53 bits per heavy atom. The summed E-state index contributed by atoms with van der Waals surface area (Å²) in [4.78, 5) is 10.3. The second kappa shape index (κ2) is 12.2. The van der Waals surface area contributed by atoms with E-state index < -0.39 is 52.0 Å². The molecule has 200 valence electrons. The highest BCUT2D eigenvalue weighted by Crippen LogP contribution is 2.31. The summed E-state index contributed by atoms with van der Waals surface area (Å²) in [6.45, 7) is -2.41. The monoisotopic (exact) mass is 544 g/mol. The number of amides is 1. The quantitative estimate of drug-likeness (QED) is 0.306. The Kier molecular flexibility index (Phi) is 9.81. The lowest BCUT2D eigenvalue weighted by Gasteiger charge is -2.16. The first-order valence-electron chi connectivity index (χ1n) is 10.2. The summed E-state index contributed by atoms with van der Waals surface area (Å²) >= 11 is 0. The van der Waals surface area contributed by atoms with Crippen molar-refractivity contribution < 1.29 is 53.8 Å². The van der Waals surface area contributed by atoms with Gasteiger partial charge >= 0.3 is 12.4 Å². The Bertz CT molecular complexity index is 1140. The highest BCUT2D eigenvalue weighted by atomic mass is 32.2. The largest absolute Gasteiger partial charge is 0.493 e. The van der Waals surface area contributed by atoms with Crippen molar-refractivity contribution >= 4 is 21.6 Å². The zero-order chi connectivity index (χ0) is 27.0. The van der Waals surface area contributed by atoms with Crippen LogP contribution in [-0.2, 0) is 14.8 Å². The van der Waals surface area contributed by atoms with Crippen LogP contribution in [-0.4, -0.2) is 53.0 Å². The molecule has 0 saturated carbocycles. The molecule has 2 N–H and O–H groups in total. The Morgan fingerprint density at radius 3 is 2.17 bits per heavy atom. The molecule has 2 aromatic carbocycles. The lowest BCUT2D eigenvalue weighted by Crippen LogP contribution is -2.27. The lowest BCUT2D eigenvalue weighted by molar-refractivity contribution is -0.154. The van der Waals surface area contributed by atoms with Crippen molar-refractivity contribution in [1.82, 2.24) is 4.72 Å². The number of rotatable bonds is 12. The fourth-order valence-electron chi connectivity index (χ4n) is 2.65. The maximum Gasteiger partial charge on any atom is 0.422 e. The minimum Gasteiger partial charge on any atom is -0.493 e. The number of ether oxygens (including phenoxy) is 3. The number of benzene rings is 2. The fraction of sp³-hybridized carbons (Fsp3) is 0.381. The van der Waals surface area contributed by atoms with Crippen molar-refractivity contribution in [2.45, 2.75) is 30.6 Å². The predicted molar refractivity (Wildman–Crippen MR) is 116 cm³/mol. The number of carbonyl (C=O) groups excluding carboxylic acids is 1. The van der Waals surface area contributed by atoms with E-state index in [1.807, 2.05) is 0 Å². The van der Waals surface area contributed by atoms with Crippen LogP contribution in [0.15, 0.2) is 47.4 Å². The third-order valence-corrected chi connectivity index (χ3v) is 5.52. The van der Waals surface area contributed by atoms with Crippen molar-refractivity contribution in [1.29, 1.82) is 0 Å². The Balaban J connectivity index is 2.04. The summed E-state index contributed by atoms with van der Waals surface area (Å²) in [6, 6.07) is 8.68. The molecule has 0 radical (unpaired) electrons. The highest BCUT2D eigenvalue weighted by Gasteiger charge is 2.31. The van der Waals surface area contributed by atoms with E-state index in [-0.39, 0.29) is 25.5 Å². The minimum atomic E-state index is -4.78. The van der Waals surface area contributed by atoms with Crippen LogP contribution in [0.2, 0.25) is 0 Å². The van der Waals surface area contributed by atoms with Gasteiger partial charge in [0.05, 0.1) is 6.61 Å². The van der Waals surface area contributed by atoms with Gasteiger partial charge in [-0.3, -0.25) is 4.79 Å². The van der Waals surface area contributed by atoms with E-state index in [4.69, 9.17) is 4.74 Å². The van der Waals surface area contributed by atoms with Crippen molar-refractivity contribution in [3.05, 3.63) is 42.5 Å². The molecule has 0 bridgehead atoms. The molecule has 0 heterocycles. The van der Waals surface area contributed by atoms with Gasteiger partial charge < -0.3 is 19.5 Å². The molecule has 15 heteroatoms. The molecule has 36 heavy (non-hydrogen) atoms. The standard InChI is InChI=1S/C21H22F6N2O6S/c1-14(30)29-15-4-2-5-16(10-15)33-9-3-8-28-36(31,32)19-11-17(34-12-20(22,23)24)6-7-18(19)35-13-21(25,26)27/h2,4-7,10-11,28H,3,8-9,12-13H2,1H3,(H,29,30). The molecule has 8 nitrogen and oxygen atoms in total. The third-order valence-electron chi connectivity index (χ3n) is 4.03. The van der Waals surface area contributed by atoms with E-state index in [1.165, 1.54) is 6.92 Å². The Labute approximate surface area is 202 Å². The first kappa shape index (κ1) is 29.0. The normalized spacial score (nSPS) is 12.2. The van der Waals surface area contributed by atoms with E-state index in [1.54, 1.807) is 24.3 Å². The highest BCUT2D eigenvalue weighted by molar-refractivity contribution is 7.89. The van der Waals surface area contributed by atoms with Gasteiger partial charge in [-0.1, -0.05) is 6.07 Å². The third kappa shape index (κ3) is 10.6. The summed E-state index contributed by atoms with van der Waals surface area (Å²) < 4.78 is 117. The Morgan fingerprint density at radius 1 is 0.889 bits per heavy atom. The number of halogens is 6. The smallest absolute Gasteiger partial charge is 0.422 e. The summed E-state index contributed by atoms with van der Waals surface area (Å²) in [5, 5.41) is 2.57. The first-order valence-corrected chi connectivity index (χ1v) is 11.7. The van der Waals surface area contributed by atoms with Gasteiger partial charge in [0.2, 0.25) is 15.9 Å². The van der Waals surface area contributed by atoms with Gasteiger partial charge in [-0.2, -0.15) is 26.3 Å². The van der Waals surface area contributed by atoms with Crippen molar-refractivity contribution in [3.63, 3.8) is 0 Å². The molecular weight excluding hydrogens is 522 g/mol. The first-order chi connectivity index (χ1) is 16.6. The molecule has 0 unspecified atom stereocenters. The molecular formula is C21H22F6N2O6S. The zero-order valence-corrected chi connectivity index (χ0v) is 19.5. The number of carbonyl (C=O) groups is 1. The summed E-state index contributed by atoms with van der Waals surface area (Å²) in [6.07, 6.45) is -9.38. The van der Waals surface area contributed by atoms with E-state index >= 15 is 0 Å². The van der Waals surface area contributed by atoms with Crippen LogP contribution in [0.25, 0.3) is 0 Å². The molecule has 1 amide bonds. The number of sulfonamides is 1. The van der Waals surface area contributed by atoms with Crippen LogP contribution in [0.1, 0.15) is 13.3 Å². The average molecular weight is 544 g/mol. The molecule has 0 saturated heterocycles. The Hall–Kier alpha value is -3.20. The molecule has 0 aromatic heterocycles. The van der Waals surface area contributed by atoms with Crippen LogP contribution in [0, 0.1) is 0 Å². The zero-order valence-electron chi connectivity index (χ0n) is 18.7. The van der Waals surface area contributed by atoms with Crippen LogP contribution in [0.4, 0.5) is 32.0 Å². The number of hydrogen-bond acceptors (Lipinski definition) is 6. The van der Waals surface area contributed by atoms with Crippen molar-refractivity contribution in [2.24, 2.45) is 0 Å². The maximum absolute atomic E-state index is 12.7. The van der Waals surface area contributed by atoms with Crippen molar-refractivity contribution in [2.75, 3.05) is 31.7 Å². The van der Waals surface area contributed by atoms with Gasteiger partial charge in [0.1, 0.15) is 22.1 Å². The second-order valence-corrected chi connectivity index (χ2v) is 8.96. The van der Waals surface area contributed by atoms with Gasteiger partial charge in [0.25, 0.3) is 0 Å². The average Bonchev–Trinajstić information content (AvgIpc) is 2.75. The van der Waals surface area contributed by atoms with E-state index in [2.05, 4.69) is 19.5 Å². The summed E-state index contributed by atoms with van der Waals surface area (Å²) in [5.41, 5.74) is 0.486. The van der Waals surface area contributed by atoms with Crippen LogP contribution >= 0.6 is 0 Å². The van der Waals surface area contributed by atoms with E-state index in [9.17, 15) is 39.6 Å². The fourth-order valence-corrected chi connectivity index (χ4v) is 3.88. The van der Waals surface area contributed by atoms with E-state index in [0.717, 1.165) is 12.1 Å². The van der Waals surface area contributed by atoms with E-state index in [0.29, 0.717) is 17.5 Å². The summed E-state index contributed by atoms with van der Waals surface area (Å²) in [5.74, 6) is -1.14. The number of nitrogens with one attached hydrogen (secondary N) is 2. The molecule has 2 aromatic rings. The minimum absolute atomic E-state index is 0.0260. The SMILES string of the molecule is CC(=O)Nc1cccc(OCCCNS(=O)(=O)c2cc(OCC(F)(F)F)ccc2OCC(F)(F)F)c1. The van der Waals surface area contributed by atoms with Gasteiger partial charge in [0, 0.05) is 31.3 Å². The number of alkyl halides is 6. The molecule has 0 aliphatic carbocycles. The molecule has 0 fully saturated rings. The summed E-state index contributed by atoms with van der Waals surface area (Å²) in [7, 11) is -4.51. The van der Waals surface area contributed by atoms with Crippen LogP contribution in [0.3, 0.4) is 0 Å².